The molecule has 0 aliphatic carbocycles. The van der Waals surface area contributed by atoms with Crippen molar-refractivity contribution in [3.05, 3.63) is 11.3 Å². The van der Waals surface area contributed by atoms with Crippen LogP contribution in [0.4, 0.5) is 0 Å². The van der Waals surface area contributed by atoms with Crippen molar-refractivity contribution < 1.29 is 0 Å². The molecular formula is C8H15N3. The van der Waals surface area contributed by atoms with E-state index in [0.29, 0.717) is 5.71 Å². The molecule has 1 aliphatic heterocycles. The number of hydrogen-bond acceptors (Lipinski definition) is 3. The molecule has 0 unspecified atom stereocenters. The van der Waals surface area contributed by atoms with Crippen LogP contribution in [0.5, 0.6) is 0 Å². The van der Waals surface area contributed by atoms with E-state index >= 15 is 0 Å². The van der Waals surface area contributed by atoms with Crippen LogP contribution in [0.2, 0.25) is 0 Å². The molecule has 4 N–H and O–H groups in total. The van der Waals surface area contributed by atoms with Crippen molar-refractivity contribution in [1.82, 2.24) is 5.32 Å². The Morgan fingerprint density at radius 2 is 2.18 bits per heavy atom. The summed E-state index contributed by atoms with van der Waals surface area (Å²) in [5, 5.41) is 11.0. The van der Waals surface area contributed by atoms with Gasteiger partial charge in [-0.15, -0.1) is 0 Å². The minimum atomic E-state index is -0.198. The van der Waals surface area contributed by atoms with Gasteiger partial charge in [-0.05, 0) is 20.8 Å². The quantitative estimate of drug-likeness (QED) is 0.477. The van der Waals surface area contributed by atoms with Crippen molar-refractivity contribution in [2.75, 3.05) is 6.54 Å². The molecule has 62 valence electrons. The lowest BCUT2D eigenvalue weighted by atomic mass is 9.97. The highest BCUT2D eigenvalue weighted by Gasteiger charge is 2.32. The van der Waals surface area contributed by atoms with Gasteiger partial charge in [0.15, 0.2) is 0 Å². The van der Waals surface area contributed by atoms with Crippen LogP contribution in [0.3, 0.4) is 0 Å². The summed E-state index contributed by atoms with van der Waals surface area (Å²) in [7, 11) is 0. The molecule has 0 spiro atoms. The zero-order valence-corrected chi connectivity index (χ0v) is 7.28. The van der Waals surface area contributed by atoms with Gasteiger partial charge in [0, 0.05) is 17.8 Å². The standard InChI is InChI=1S/C8H15N3/c1-5(9)6-4-11-8(2,3)7(6)10/h10-11H,4,9H2,1-3H3/b6-5-,10-7?. The fourth-order valence-electron chi connectivity index (χ4n) is 1.20. The van der Waals surface area contributed by atoms with Crippen molar-refractivity contribution >= 4 is 5.71 Å². The third-order valence-corrected chi connectivity index (χ3v) is 2.11. The molecule has 1 heterocycles. The predicted molar refractivity (Wildman–Crippen MR) is 46.7 cm³/mol. The second-order valence-corrected chi connectivity index (χ2v) is 3.52. The van der Waals surface area contributed by atoms with E-state index < -0.39 is 0 Å². The molecule has 1 rings (SSSR count). The first kappa shape index (κ1) is 8.27. The number of hydrogen-bond donors (Lipinski definition) is 3. The average Bonchev–Trinajstić information content (AvgIpc) is 2.09. The molecule has 1 saturated heterocycles. The lowest BCUT2D eigenvalue weighted by molar-refractivity contribution is 0.568. The third-order valence-electron chi connectivity index (χ3n) is 2.11. The summed E-state index contributed by atoms with van der Waals surface area (Å²) in [4.78, 5) is 0. The summed E-state index contributed by atoms with van der Waals surface area (Å²) in [5.41, 5.74) is 7.74. The highest BCUT2D eigenvalue weighted by molar-refractivity contribution is 6.07. The van der Waals surface area contributed by atoms with Crippen molar-refractivity contribution in [2.45, 2.75) is 26.3 Å². The average molecular weight is 153 g/mol. The fraction of sp³-hybridized carbons (Fsp3) is 0.625. The SMILES string of the molecule is C/C(N)=C1\CNC(C)(C)C1=N. The van der Waals surface area contributed by atoms with E-state index in [4.69, 9.17) is 11.1 Å². The molecule has 0 aromatic carbocycles. The third kappa shape index (κ3) is 1.28. The molecule has 0 bridgehead atoms. The van der Waals surface area contributed by atoms with Crippen molar-refractivity contribution in [2.24, 2.45) is 5.73 Å². The van der Waals surface area contributed by atoms with Gasteiger partial charge in [-0.3, -0.25) is 0 Å². The van der Waals surface area contributed by atoms with Crippen LogP contribution >= 0.6 is 0 Å². The summed E-state index contributed by atoms with van der Waals surface area (Å²) in [6, 6.07) is 0. The first-order valence-electron chi connectivity index (χ1n) is 3.75. The zero-order chi connectivity index (χ0) is 8.65. The summed E-state index contributed by atoms with van der Waals surface area (Å²) >= 11 is 0. The van der Waals surface area contributed by atoms with Gasteiger partial charge in [0.1, 0.15) is 0 Å². The van der Waals surface area contributed by atoms with Gasteiger partial charge in [0.25, 0.3) is 0 Å². The Hall–Kier alpha value is -0.830. The maximum Gasteiger partial charge on any atom is 0.0571 e. The van der Waals surface area contributed by atoms with Crippen LogP contribution in [0, 0.1) is 5.41 Å². The van der Waals surface area contributed by atoms with Gasteiger partial charge in [-0.25, -0.2) is 0 Å². The Morgan fingerprint density at radius 3 is 2.36 bits per heavy atom. The first-order chi connectivity index (χ1) is 4.95. The van der Waals surface area contributed by atoms with Gasteiger partial charge in [0.2, 0.25) is 0 Å². The highest BCUT2D eigenvalue weighted by Crippen LogP contribution is 2.19. The summed E-state index contributed by atoms with van der Waals surface area (Å²) in [6.45, 7) is 6.55. The Morgan fingerprint density at radius 1 is 1.64 bits per heavy atom. The van der Waals surface area contributed by atoms with Crippen molar-refractivity contribution in [1.29, 1.82) is 5.41 Å². The van der Waals surface area contributed by atoms with Crippen molar-refractivity contribution in [3.63, 3.8) is 0 Å². The Bertz CT molecular complexity index is 221. The largest absolute Gasteiger partial charge is 0.402 e. The molecule has 3 nitrogen and oxygen atoms in total. The minimum absolute atomic E-state index is 0.198. The van der Waals surface area contributed by atoms with Crippen LogP contribution in [-0.2, 0) is 0 Å². The Kier molecular flexibility index (Phi) is 1.76. The molecule has 0 amide bonds. The van der Waals surface area contributed by atoms with E-state index in [1.165, 1.54) is 0 Å². The Labute approximate surface area is 67.2 Å². The maximum atomic E-state index is 7.74. The van der Waals surface area contributed by atoms with Crippen LogP contribution < -0.4 is 11.1 Å². The van der Waals surface area contributed by atoms with Crippen molar-refractivity contribution in [3.8, 4) is 0 Å². The summed E-state index contributed by atoms with van der Waals surface area (Å²) in [6.07, 6.45) is 0. The highest BCUT2D eigenvalue weighted by atomic mass is 15.0. The van der Waals surface area contributed by atoms with Crippen LogP contribution in [0.15, 0.2) is 11.3 Å². The van der Waals surface area contributed by atoms with E-state index in [1.807, 2.05) is 20.8 Å². The van der Waals surface area contributed by atoms with Gasteiger partial charge in [0.05, 0.1) is 11.3 Å². The van der Waals surface area contributed by atoms with Crippen LogP contribution in [-0.4, -0.2) is 17.8 Å². The van der Waals surface area contributed by atoms with Gasteiger partial charge in [-0.2, -0.15) is 0 Å². The summed E-state index contributed by atoms with van der Waals surface area (Å²) < 4.78 is 0. The molecular weight excluding hydrogens is 138 g/mol. The molecule has 11 heavy (non-hydrogen) atoms. The summed E-state index contributed by atoms with van der Waals surface area (Å²) in [5.74, 6) is 0. The molecule has 1 aliphatic rings. The number of nitrogens with two attached hydrogens (primary N) is 1. The van der Waals surface area contributed by atoms with Crippen LogP contribution in [0.1, 0.15) is 20.8 Å². The number of allylic oxidation sites excluding steroid dienone is 1. The lowest BCUT2D eigenvalue weighted by Crippen LogP contribution is -2.38. The van der Waals surface area contributed by atoms with E-state index in [1.54, 1.807) is 0 Å². The van der Waals surface area contributed by atoms with Gasteiger partial charge < -0.3 is 16.5 Å². The molecule has 1 fully saturated rings. The van der Waals surface area contributed by atoms with E-state index in [-0.39, 0.29) is 5.54 Å². The predicted octanol–water partition coefficient (Wildman–Crippen LogP) is 0.621. The first-order valence-corrected chi connectivity index (χ1v) is 3.75. The minimum Gasteiger partial charge on any atom is -0.402 e. The topological polar surface area (TPSA) is 61.9 Å². The monoisotopic (exact) mass is 153 g/mol. The Balaban J connectivity index is 2.98. The molecule has 0 atom stereocenters. The van der Waals surface area contributed by atoms with E-state index in [2.05, 4.69) is 5.32 Å². The second-order valence-electron chi connectivity index (χ2n) is 3.52. The second kappa shape index (κ2) is 2.34. The van der Waals surface area contributed by atoms with Crippen LogP contribution in [0.25, 0.3) is 0 Å². The zero-order valence-electron chi connectivity index (χ0n) is 7.28. The van der Waals surface area contributed by atoms with Gasteiger partial charge >= 0.3 is 0 Å². The van der Waals surface area contributed by atoms with E-state index in [9.17, 15) is 0 Å². The number of rotatable bonds is 0. The molecule has 0 aromatic heterocycles. The van der Waals surface area contributed by atoms with E-state index in [0.717, 1.165) is 17.8 Å². The normalized spacial score (nSPS) is 27.4. The fourth-order valence-corrected chi connectivity index (χ4v) is 1.20. The smallest absolute Gasteiger partial charge is 0.0571 e. The molecule has 0 radical (unpaired) electrons. The molecule has 0 saturated carbocycles. The lowest BCUT2D eigenvalue weighted by Gasteiger charge is -2.16. The van der Waals surface area contributed by atoms with Gasteiger partial charge in [-0.1, -0.05) is 0 Å². The number of nitrogens with one attached hydrogen (secondary N) is 2. The molecule has 3 heteroatoms. The maximum absolute atomic E-state index is 7.74. The molecule has 0 aromatic rings.